The van der Waals surface area contributed by atoms with E-state index in [2.05, 4.69) is 39.5 Å². The monoisotopic (exact) mass is 370 g/mol. The molecule has 5 nitrogen and oxygen atoms in total. The Labute approximate surface area is 158 Å². The number of aryl methyl sites for hydroxylation is 1. The van der Waals surface area contributed by atoms with Gasteiger partial charge in [-0.3, -0.25) is 0 Å². The van der Waals surface area contributed by atoms with Crippen molar-refractivity contribution in [1.82, 2.24) is 9.38 Å². The van der Waals surface area contributed by atoms with Gasteiger partial charge >= 0.3 is 0 Å². The van der Waals surface area contributed by atoms with Crippen LogP contribution in [0.15, 0.2) is 36.8 Å². The van der Waals surface area contributed by atoms with Gasteiger partial charge in [-0.2, -0.15) is 0 Å². The fourth-order valence-electron chi connectivity index (χ4n) is 3.64. The largest absolute Gasteiger partial charge is 0.378 e. The molecule has 0 bridgehead atoms. The standard InChI is InChI=1S/C20H23ClN4O/c1-2-14-3-4-15(18(21)11-14)17-13-25-6-5-23-20(25)19(16(17)12-22)24-7-9-26-10-8-24/h3-6,11,13H,2,7-10,12,22H2,1H3. The van der Waals surface area contributed by atoms with Gasteiger partial charge in [0.1, 0.15) is 0 Å². The minimum absolute atomic E-state index is 0.428. The average molecular weight is 371 g/mol. The summed E-state index contributed by atoms with van der Waals surface area (Å²) in [4.78, 5) is 6.90. The van der Waals surface area contributed by atoms with Crippen molar-refractivity contribution in [1.29, 1.82) is 0 Å². The predicted molar refractivity (Wildman–Crippen MR) is 106 cm³/mol. The Morgan fingerprint density at radius 1 is 1.23 bits per heavy atom. The molecule has 0 saturated carbocycles. The molecule has 1 aliphatic heterocycles. The van der Waals surface area contributed by atoms with Crippen molar-refractivity contribution in [2.24, 2.45) is 5.73 Å². The van der Waals surface area contributed by atoms with E-state index in [1.54, 1.807) is 0 Å². The fraction of sp³-hybridized carbons (Fsp3) is 0.350. The van der Waals surface area contributed by atoms with Gasteiger partial charge in [-0.1, -0.05) is 30.7 Å². The van der Waals surface area contributed by atoms with Gasteiger partial charge in [-0.25, -0.2) is 4.98 Å². The summed E-state index contributed by atoms with van der Waals surface area (Å²) in [6.45, 7) is 5.66. The number of benzene rings is 1. The molecule has 2 N–H and O–H groups in total. The maximum absolute atomic E-state index is 6.64. The lowest BCUT2D eigenvalue weighted by Crippen LogP contribution is -2.37. The minimum Gasteiger partial charge on any atom is -0.378 e. The number of anilines is 1. The summed E-state index contributed by atoms with van der Waals surface area (Å²) in [5, 5.41) is 0.756. The quantitative estimate of drug-likeness (QED) is 0.763. The number of nitrogens with zero attached hydrogens (tertiary/aromatic N) is 3. The number of halogens is 1. The van der Waals surface area contributed by atoms with Gasteiger partial charge in [0, 0.05) is 59.9 Å². The topological polar surface area (TPSA) is 55.8 Å². The van der Waals surface area contributed by atoms with Crippen LogP contribution in [-0.2, 0) is 17.7 Å². The van der Waals surface area contributed by atoms with Crippen molar-refractivity contribution in [3.05, 3.63) is 52.9 Å². The van der Waals surface area contributed by atoms with E-state index >= 15 is 0 Å². The van der Waals surface area contributed by atoms with Crippen molar-refractivity contribution >= 4 is 22.9 Å². The van der Waals surface area contributed by atoms with E-state index in [9.17, 15) is 0 Å². The van der Waals surface area contributed by atoms with E-state index in [1.165, 1.54) is 5.56 Å². The first-order chi connectivity index (χ1) is 12.7. The molecule has 0 spiro atoms. The van der Waals surface area contributed by atoms with Crippen LogP contribution in [0.5, 0.6) is 0 Å². The van der Waals surface area contributed by atoms with Crippen molar-refractivity contribution < 1.29 is 4.74 Å². The third-order valence-corrected chi connectivity index (χ3v) is 5.34. The van der Waals surface area contributed by atoms with Gasteiger partial charge in [0.2, 0.25) is 0 Å². The van der Waals surface area contributed by atoms with Gasteiger partial charge < -0.3 is 19.8 Å². The molecule has 0 amide bonds. The Kier molecular flexibility index (Phi) is 4.85. The van der Waals surface area contributed by atoms with E-state index in [0.717, 1.165) is 52.6 Å². The SMILES string of the molecule is CCc1ccc(-c2cn3ccnc3c(N3CCOCC3)c2CN)c(Cl)c1. The first-order valence-electron chi connectivity index (χ1n) is 9.03. The highest BCUT2D eigenvalue weighted by atomic mass is 35.5. The van der Waals surface area contributed by atoms with Crippen LogP contribution in [-0.4, -0.2) is 35.7 Å². The molecular formula is C20H23ClN4O. The average Bonchev–Trinajstić information content (AvgIpc) is 3.15. The molecule has 0 radical (unpaired) electrons. The Balaban J connectivity index is 1.95. The number of rotatable bonds is 4. The van der Waals surface area contributed by atoms with Gasteiger partial charge in [0.15, 0.2) is 5.65 Å². The second-order valence-electron chi connectivity index (χ2n) is 6.50. The van der Waals surface area contributed by atoms with Crippen molar-refractivity contribution in [3.63, 3.8) is 0 Å². The van der Waals surface area contributed by atoms with E-state index in [-0.39, 0.29) is 0 Å². The second kappa shape index (κ2) is 7.27. The summed E-state index contributed by atoms with van der Waals surface area (Å²) in [6, 6.07) is 6.28. The summed E-state index contributed by atoms with van der Waals surface area (Å²) >= 11 is 6.64. The van der Waals surface area contributed by atoms with Crippen LogP contribution in [0.1, 0.15) is 18.1 Å². The van der Waals surface area contributed by atoms with Crippen LogP contribution < -0.4 is 10.6 Å². The van der Waals surface area contributed by atoms with E-state index < -0.39 is 0 Å². The number of nitrogens with two attached hydrogens (primary N) is 1. The van der Waals surface area contributed by atoms with E-state index in [1.807, 2.05) is 18.5 Å². The smallest absolute Gasteiger partial charge is 0.160 e. The Morgan fingerprint density at radius 3 is 2.73 bits per heavy atom. The molecule has 2 aromatic heterocycles. The lowest BCUT2D eigenvalue weighted by atomic mass is 9.98. The van der Waals surface area contributed by atoms with Gasteiger partial charge in [0.25, 0.3) is 0 Å². The Morgan fingerprint density at radius 2 is 2.04 bits per heavy atom. The molecule has 1 saturated heterocycles. The lowest BCUT2D eigenvalue weighted by molar-refractivity contribution is 0.122. The highest BCUT2D eigenvalue weighted by molar-refractivity contribution is 6.33. The van der Waals surface area contributed by atoms with Crippen LogP contribution >= 0.6 is 11.6 Å². The zero-order valence-corrected chi connectivity index (χ0v) is 15.7. The molecule has 0 aliphatic carbocycles. The number of hydrogen-bond acceptors (Lipinski definition) is 4. The highest BCUT2D eigenvalue weighted by Crippen LogP contribution is 2.38. The number of pyridine rings is 1. The molecule has 1 aromatic carbocycles. The number of aromatic nitrogens is 2. The maximum Gasteiger partial charge on any atom is 0.160 e. The molecule has 0 atom stereocenters. The van der Waals surface area contributed by atoms with Crippen molar-refractivity contribution in [3.8, 4) is 11.1 Å². The summed E-state index contributed by atoms with van der Waals surface area (Å²) in [6.07, 6.45) is 6.84. The molecule has 26 heavy (non-hydrogen) atoms. The number of hydrogen-bond donors (Lipinski definition) is 1. The summed E-state index contributed by atoms with van der Waals surface area (Å²) in [5.74, 6) is 0. The molecule has 0 unspecified atom stereocenters. The third kappa shape index (κ3) is 2.96. The van der Waals surface area contributed by atoms with Crippen LogP contribution in [0.25, 0.3) is 16.8 Å². The maximum atomic E-state index is 6.64. The fourth-order valence-corrected chi connectivity index (χ4v) is 3.94. The zero-order valence-electron chi connectivity index (χ0n) is 14.9. The number of fused-ring (bicyclic) bond motifs is 1. The van der Waals surface area contributed by atoms with Crippen LogP contribution in [0.2, 0.25) is 5.02 Å². The van der Waals surface area contributed by atoms with Crippen LogP contribution in [0, 0.1) is 0 Å². The number of imidazole rings is 1. The Bertz CT molecular complexity index is 931. The van der Waals surface area contributed by atoms with Crippen molar-refractivity contribution in [2.45, 2.75) is 19.9 Å². The molecule has 4 rings (SSSR count). The molecule has 1 fully saturated rings. The molecule has 6 heteroatoms. The van der Waals surface area contributed by atoms with Crippen LogP contribution in [0.4, 0.5) is 5.69 Å². The van der Waals surface area contributed by atoms with Crippen LogP contribution in [0.3, 0.4) is 0 Å². The summed E-state index contributed by atoms with van der Waals surface area (Å²) in [7, 11) is 0. The normalized spacial score (nSPS) is 15.0. The van der Waals surface area contributed by atoms with Crippen molar-refractivity contribution in [2.75, 3.05) is 31.2 Å². The van der Waals surface area contributed by atoms with E-state index in [0.29, 0.717) is 19.8 Å². The number of ether oxygens (including phenoxy) is 1. The minimum atomic E-state index is 0.428. The molecule has 3 aromatic rings. The summed E-state index contributed by atoms with van der Waals surface area (Å²) < 4.78 is 7.59. The van der Waals surface area contributed by atoms with E-state index in [4.69, 9.17) is 22.1 Å². The zero-order chi connectivity index (χ0) is 18.1. The molecule has 136 valence electrons. The Hall–Kier alpha value is -2.08. The van der Waals surface area contributed by atoms with Gasteiger partial charge in [-0.05, 0) is 18.1 Å². The third-order valence-electron chi connectivity index (χ3n) is 5.02. The molecule has 3 heterocycles. The second-order valence-corrected chi connectivity index (χ2v) is 6.91. The predicted octanol–water partition coefficient (Wildman–Crippen LogP) is 3.51. The molecule has 1 aliphatic rings. The van der Waals surface area contributed by atoms with Gasteiger partial charge in [-0.15, -0.1) is 0 Å². The lowest BCUT2D eigenvalue weighted by Gasteiger charge is -2.31. The first-order valence-corrected chi connectivity index (χ1v) is 9.40. The van der Waals surface area contributed by atoms with Gasteiger partial charge in [0.05, 0.1) is 18.9 Å². The first kappa shape index (κ1) is 17.3. The molecular weight excluding hydrogens is 348 g/mol. The summed E-state index contributed by atoms with van der Waals surface area (Å²) in [5.41, 5.74) is 12.6. The number of morpholine rings is 1. The highest BCUT2D eigenvalue weighted by Gasteiger charge is 2.22.